The number of rotatable bonds is 3. The number of hydrogen-bond donors (Lipinski definition) is 0. The molecule has 0 aliphatic carbocycles. The van der Waals surface area contributed by atoms with Crippen LogP contribution in [-0.2, 0) is 15.6 Å². The first-order valence-corrected chi connectivity index (χ1v) is 9.08. The summed E-state index contributed by atoms with van der Waals surface area (Å²) in [6.45, 7) is 4.45. The van der Waals surface area contributed by atoms with Gasteiger partial charge in [0.25, 0.3) is 5.91 Å². The fraction of sp³-hybridized carbons (Fsp3) is 0.533. The molecule has 0 bridgehead atoms. The molecule has 5 nitrogen and oxygen atoms in total. The maximum absolute atomic E-state index is 12.6. The maximum atomic E-state index is 12.6. The third-order valence-corrected chi connectivity index (χ3v) is 4.55. The minimum Gasteiger partial charge on any atom is -0.333 e. The Balaban J connectivity index is 2.18. The lowest BCUT2D eigenvalue weighted by molar-refractivity contribution is 0.0533. The van der Waals surface area contributed by atoms with Crippen LogP contribution < -0.4 is 0 Å². The standard InChI is InChI=1S/C15H22N2O3S/c1-12-10-16(2)7-8-17(12)15(18)14-6-4-5-13(9-14)11-21(3,19)20/h4-6,9,12H,7-8,10-11H2,1-3H3/t12-/m0/s1. The highest BCUT2D eigenvalue weighted by molar-refractivity contribution is 7.89. The van der Waals surface area contributed by atoms with E-state index in [4.69, 9.17) is 0 Å². The summed E-state index contributed by atoms with van der Waals surface area (Å²) in [7, 11) is -1.05. The lowest BCUT2D eigenvalue weighted by Gasteiger charge is -2.38. The van der Waals surface area contributed by atoms with Crippen LogP contribution in [0.2, 0.25) is 0 Å². The second kappa shape index (κ2) is 6.15. The molecule has 0 spiro atoms. The number of benzene rings is 1. The molecule has 1 aliphatic rings. The molecule has 1 aromatic carbocycles. The second-order valence-corrected chi connectivity index (χ2v) is 8.02. The van der Waals surface area contributed by atoms with Gasteiger partial charge in [0.15, 0.2) is 9.84 Å². The molecule has 2 rings (SSSR count). The number of carbonyl (C=O) groups is 1. The summed E-state index contributed by atoms with van der Waals surface area (Å²) in [6.07, 6.45) is 1.20. The molecule has 0 radical (unpaired) electrons. The molecule has 1 amide bonds. The summed E-state index contributed by atoms with van der Waals surface area (Å²) in [5.41, 5.74) is 1.22. The lowest BCUT2D eigenvalue weighted by Crippen LogP contribution is -2.52. The Morgan fingerprint density at radius 3 is 2.67 bits per heavy atom. The second-order valence-electron chi connectivity index (χ2n) is 5.88. The highest BCUT2D eigenvalue weighted by atomic mass is 32.2. The van der Waals surface area contributed by atoms with E-state index < -0.39 is 9.84 Å². The van der Waals surface area contributed by atoms with Crippen molar-refractivity contribution in [2.75, 3.05) is 32.9 Å². The van der Waals surface area contributed by atoms with Gasteiger partial charge in [0.1, 0.15) is 0 Å². The zero-order chi connectivity index (χ0) is 15.6. The number of hydrogen-bond acceptors (Lipinski definition) is 4. The van der Waals surface area contributed by atoms with E-state index >= 15 is 0 Å². The Labute approximate surface area is 126 Å². The Morgan fingerprint density at radius 2 is 2.05 bits per heavy atom. The van der Waals surface area contributed by atoms with Crippen molar-refractivity contribution in [3.8, 4) is 0 Å². The summed E-state index contributed by atoms with van der Waals surface area (Å²) in [5.74, 6) is -0.0576. The first kappa shape index (κ1) is 16.0. The van der Waals surface area contributed by atoms with Gasteiger partial charge >= 0.3 is 0 Å². The molecule has 1 aromatic rings. The Morgan fingerprint density at radius 1 is 1.33 bits per heavy atom. The molecule has 0 saturated carbocycles. The highest BCUT2D eigenvalue weighted by Crippen LogP contribution is 2.15. The average molecular weight is 310 g/mol. The van der Waals surface area contributed by atoms with Crippen LogP contribution in [0.1, 0.15) is 22.8 Å². The van der Waals surface area contributed by atoms with Gasteiger partial charge in [-0.15, -0.1) is 0 Å². The molecule has 0 unspecified atom stereocenters. The SMILES string of the molecule is C[C@H]1CN(C)CCN1C(=O)c1cccc(CS(C)(=O)=O)c1. The molecule has 6 heteroatoms. The predicted octanol–water partition coefficient (Wildman–Crippen LogP) is 1.01. The van der Waals surface area contributed by atoms with Crippen molar-refractivity contribution in [3.05, 3.63) is 35.4 Å². The van der Waals surface area contributed by atoms with E-state index in [1.807, 2.05) is 18.9 Å². The summed E-state index contributed by atoms with van der Waals surface area (Å²) in [6, 6.07) is 7.09. The van der Waals surface area contributed by atoms with Crippen LogP contribution >= 0.6 is 0 Å². The van der Waals surface area contributed by atoms with Gasteiger partial charge < -0.3 is 9.80 Å². The van der Waals surface area contributed by atoms with Crippen molar-refractivity contribution in [2.24, 2.45) is 0 Å². The first-order valence-electron chi connectivity index (χ1n) is 7.02. The van der Waals surface area contributed by atoms with Crippen LogP contribution in [-0.4, -0.2) is 63.1 Å². The van der Waals surface area contributed by atoms with E-state index in [9.17, 15) is 13.2 Å². The highest BCUT2D eigenvalue weighted by Gasteiger charge is 2.26. The molecular formula is C15H22N2O3S. The van der Waals surface area contributed by atoms with E-state index in [0.717, 1.165) is 13.1 Å². The van der Waals surface area contributed by atoms with Gasteiger partial charge in [-0.3, -0.25) is 4.79 Å². The van der Waals surface area contributed by atoms with E-state index in [1.165, 1.54) is 6.26 Å². The summed E-state index contributed by atoms with van der Waals surface area (Å²) >= 11 is 0. The Hall–Kier alpha value is -1.40. The van der Waals surface area contributed by atoms with Crippen molar-refractivity contribution in [1.82, 2.24) is 9.80 Å². The van der Waals surface area contributed by atoms with E-state index in [1.54, 1.807) is 24.3 Å². The van der Waals surface area contributed by atoms with Crippen molar-refractivity contribution in [1.29, 1.82) is 0 Å². The van der Waals surface area contributed by atoms with E-state index in [0.29, 0.717) is 17.7 Å². The first-order chi connectivity index (χ1) is 9.76. The number of amides is 1. The number of piperazine rings is 1. The van der Waals surface area contributed by atoms with Crippen LogP contribution in [0.4, 0.5) is 0 Å². The fourth-order valence-corrected chi connectivity index (χ4v) is 3.49. The Kier molecular flexibility index (Phi) is 4.68. The van der Waals surface area contributed by atoms with Gasteiger partial charge in [-0.05, 0) is 31.7 Å². The normalized spacial score (nSPS) is 20.5. The van der Waals surface area contributed by atoms with Crippen molar-refractivity contribution in [3.63, 3.8) is 0 Å². The van der Waals surface area contributed by atoms with Gasteiger partial charge in [-0.2, -0.15) is 0 Å². The molecular weight excluding hydrogens is 288 g/mol. The molecule has 0 aromatic heterocycles. The van der Waals surface area contributed by atoms with Gasteiger partial charge in [0.05, 0.1) is 5.75 Å². The molecule has 21 heavy (non-hydrogen) atoms. The third-order valence-electron chi connectivity index (χ3n) is 3.69. The topological polar surface area (TPSA) is 57.7 Å². The minimum atomic E-state index is -3.09. The van der Waals surface area contributed by atoms with Crippen LogP contribution in [0.15, 0.2) is 24.3 Å². The molecule has 1 fully saturated rings. The smallest absolute Gasteiger partial charge is 0.254 e. The van der Waals surface area contributed by atoms with Crippen LogP contribution in [0, 0.1) is 0 Å². The van der Waals surface area contributed by atoms with Crippen LogP contribution in [0.3, 0.4) is 0 Å². The number of carbonyl (C=O) groups excluding carboxylic acids is 1. The fourth-order valence-electron chi connectivity index (χ4n) is 2.70. The number of sulfone groups is 1. The molecule has 116 valence electrons. The Bertz CT molecular complexity index is 628. The number of nitrogens with zero attached hydrogens (tertiary/aromatic N) is 2. The van der Waals surface area contributed by atoms with Gasteiger partial charge in [0, 0.05) is 37.5 Å². The van der Waals surface area contributed by atoms with E-state index in [-0.39, 0.29) is 17.7 Å². The minimum absolute atomic E-state index is 0.0223. The molecule has 1 atom stereocenters. The van der Waals surface area contributed by atoms with Crippen molar-refractivity contribution < 1.29 is 13.2 Å². The van der Waals surface area contributed by atoms with Crippen molar-refractivity contribution >= 4 is 15.7 Å². The zero-order valence-electron chi connectivity index (χ0n) is 12.7. The van der Waals surface area contributed by atoms with Crippen molar-refractivity contribution in [2.45, 2.75) is 18.7 Å². The number of likely N-dealkylation sites (N-methyl/N-ethyl adjacent to an activating group) is 1. The summed E-state index contributed by atoms with van der Waals surface area (Å²) < 4.78 is 22.7. The van der Waals surface area contributed by atoms with Crippen LogP contribution in [0.5, 0.6) is 0 Å². The summed E-state index contributed by atoms with van der Waals surface area (Å²) in [5, 5.41) is 0. The molecule has 0 N–H and O–H groups in total. The summed E-state index contributed by atoms with van der Waals surface area (Å²) in [4.78, 5) is 16.7. The third kappa shape index (κ3) is 4.28. The zero-order valence-corrected chi connectivity index (χ0v) is 13.6. The van der Waals surface area contributed by atoms with Gasteiger partial charge in [-0.1, -0.05) is 12.1 Å². The predicted molar refractivity (Wildman–Crippen MR) is 83.0 cm³/mol. The molecule has 1 heterocycles. The van der Waals surface area contributed by atoms with E-state index in [2.05, 4.69) is 4.90 Å². The van der Waals surface area contributed by atoms with Gasteiger partial charge in [0.2, 0.25) is 0 Å². The lowest BCUT2D eigenvalue weighted by atomic mass is 10.1. The molecule has 1 aliphatic heterocycles. The maximum Gasteiger partial charge on any atom is 0.254 e. The quantitative estimate of drug-likeness (QED) is 0.836. The molecule has 1 saturated heterocycles. The average Bonchev–Trinajstić information content (AvgIpc) is 2.36. The van der Waals surface area contributed by atoms with Gasteiger partial charge in [-0.25, -0.2) is 8.42 Å². The monoisotopic (exact) mass is 310 g/mol. The van der Waals surface area contributed by atoms with Crippen LogP contribution in [0.25, 0.3) is 0 Å². The largest absolute Gasteiger partial charge is 0.333 e.